The van der Waals surface area contributed by atoms with E-state index in [9.17, 15) is 0 Å². The summed E-state index contributed by atoms with van der Waals surface area (Å²) in [5.41, 5.74) is 2.60. The second kappa shape index (κ2) is 24.5. The van der Waals surface area contributed by atoms with E-state index in [-0.39, 0.29) is 29.5 Å². The van der Waals surface area contributed by atoms with Gasteiger partial charge < -0.3 is 22.8 Å². The largest absolute Gasteiger partial charge is 0.411 e. The zero-order valence-corrected chi connectivity index (χ0v) is 39.2. The Kier molecular flexibility index (Phi) is 23.1. The molecule has 300 valence electrons. The third-order valence-electron chi connectivity index (χ3n) is 11.9. The maximum atomic E-state index is 7.43. The monoisotopic (exact) mass is 775 g/mol. The highest BCUT2D eigenvalue weighted by atomic mass is 28.4. The van der Waals surface area contributed by atoms with E-state index in [1.165, 1.54) is 11.1 Å². The van der Waals surface area contributed by atoms with Crippen molar-refractivity contribution in [3.05, 3.63) is 48.1 Å². The second-order valence-corrected chi connectivity index (χ2v) is 31.2. The summed E-state index contributed by atoms with van der Waals surface area (Å²) in [6.07, 6.45) is 21.8. The van der Waals surface area contributed by atoms with Crippen molar-refractivity contribution >= 4 is 25.0 Å². The number of rotatable bonds is 27. The minimum absolute atomic E-state index is 0.0426. The van der Waals surface area contributed by atoms with Crippen molar-refractivity contribution in [3.63, 3.8) is 0 Å². The molecule has 5 nitrogen and oxygen atoms in total. The quantitative estimate of drug-likeness (QED) is 0.0360. The van der Waals surface area contributed by atoms with Crippen LogP contribution in [-0.2, 0) is 22.8 Å². The van der Waals surface area contributed by atoms with Crippen molar-refractivity contribution < 1.29 is 22.8 Å². The normalized spacial score (nSPS) is 18.7. The predicted octanol–water partition coefficient (Wildman–Crippen LogP) is 12.8. The molecule has 8 heteroatoms. The van der Waals surface area contributed by atoms with Crippen LogP contribution in [0.25, 0.3) is 0 Å². The first-order valence-electron chi connectivity index (χ1n) is 20.8. The van der Waals surface area contributed by atoms with Gasteiger partial charge in [-0.15, -0.1) is 12.3 Å². The lowest BCUT2D eigenvalue weighted by Gasteiger charge is -2.40. The van der Waals surface area contributed by atoms with Crippen molar-refractivity contribution in [3.8, 4) is 12.3 Å². The Morgan fingerprint density at radius 1 is 0.962 bits per heavy atom. The smallest absolute Gasteiger partial charge is 0.193 e. The summed E-state index contributed by atoms with van der Waals surface area (Å²) >= 11 is 0. The van der Waals surface area contributed by atoms with Gasteiger partial charge in [-0.3, -0.25) is 0 Å². The third kappa shape index (κ3) is 17.2. The zero-order chi connectivity index (χ0) is 39.4. The van der Waals surface area contributed by atoms with Gasteiger partial charge in [0.05, 0.1) is 31.0 Å². The van der Waals surface area contributed by atoms with Crippen LogP contribution in [0.4, 0.5) is 0 Å². The van der Waals surface area contributed by atoms with Gasteiger partial charge in [-0.2, -0.15) is 0 Å². The Morgan fingerprint density at radius 3 is 2.10 bits per heavy atom. The fraction of sp³-hybridized carbons (Fsp3) is 0.773. The Balaban J connectivity index is 3.50. The summed E-state index contributed by atoms with van der Waals surface area (Å²) in [5, 5.41) is 0.104. The molecule has 0 aromatic heterocycles. The minimum Gasteiger partial charge on any atom is -0.411 e. The SMILES string of the molecule is C#CCCCOC[C@@H](C)CC(=C)C[C@@H](/C=C/C[C@H](O[Si](CC)(CC)CC)[C@H](/C=C/[C@@H]1CC(C)=CCO1)O[Si](CC)(CC)CC)O[Si](C)(C)C(C)(C)C. The van der Waals surface area contributed by atoms with Crippen LogP contribution in [-0.4, -0.2) is 69.2 Å². The summed E-state index contributed by atoms with van der Waals surface area (Å²) < 4.78 is 34.0. The van der Waals surface area contributed by atoms with Gasteiger partial charge in [0, 0.05) is 19.6 Å². The molecule has 0 aromatic rings. The molecule has 0 bridgehead atoms. The Labute approximate surface area is 326 Å². The van der Waals surface area contributed by atoms with Crippen LogP contribution in [0.15, 0.2) is 48.1 Å². The molecule has 0 fully saturated rings. The first-order chi connectivity index (χ1) is 24.5. The summed E-state index contributed by atoms with van der Waals surface area (Å²) in [6, 6.07) is 6.62. The molecule has 1 heterocycles. The van der Waals surface area contributed by atoms with Crippen LogP contribution >= 0.6 is 0 Å². The van der Waals surface area contributed by atoms with E-state index in [4.69, 9.17) is 29.2 Å². The Morgan fingerprint density at radius 2 is 1.56 bits per heavy atom. The van der Waals surface area contributed by atoms with Crippen molar-refractivity contribution in [2.45, 2.75) is 193 Å². The first kappa shape index (κ1) is 49.0. The van der Waals surface area contributed by atoms with Crippen molar-refractivity contribution in [1.29, 1.82) is 0 Å². The molecule has 0 radical (unpaired) electrons. The molecule has 0 aromatic carbocycles. The fourth-order valence-electron chi connectivity index (χ4n) is 6.78. The van der Waals surface area contributed by atoms with Gasteiger partial charge in [-0.05, 0) is 99.3 Å². The van der Waals surface area contributed by atoms with E-state index in [1.807, 2.05) is 0 Å². The van der Waals surface area contributed by atoms with E-state index >= 15 is 0 Å². The maximum absolute atomic E-state index is 7.43. The predicted molar refractivity (Wildman–Crippen MR) is 234 cm³/mol. The van der Waals surface area contributed by atoms with Gasteiger partial charge in [0.2, 0.25) is 0 Å². The highest BCUT2D eigenvalue weighted by molar-refractivity contribution is 6.74. The summed E-state index contributed by atoms with van der Waals surface area (Å²) in [7, 11) is -5.98. The molecule has 52 heavy (non-hydrogen) atoms. The van der Waals surface area contributed by atoms with Crippen molar-refractivity contribution in [2.75, 3.05) is 19.8 Å². The molecule has 0 spiro atoms. The van der Waals surface area contributed by atoms with Gasteiger partial charge in [-0.1, -0.05) is 117 Å². The van der Waals surface area contributed by atoms with Crippen LogP contribution in [0.5, 0.6) is 0 Å². The van der Waals surface area contributed by atoms with Gasteiger partial charge in [-0.25, -0.2) is 0 Å². The summed E-state index contributed by atoms with van der Waals surface area (Å²) in [4.78, 5) is 0. The number of ether oxygens (including phenoxy) is 2. The van der Waals surface area contributed by atoms with Crippen LogP contribution in [0.2, 0.25) is 54.4 Å². The van der Waals surface area contributed by atoms with Gasteiger partial charge >= 0.3 is 0 Å². The van der Waals surface area contributed by atoms with Crippen molar-refractivity contribution in [1.82, 2.24) is 0 Å². The fourth-order valence-corrected chi connectivity index (χ4v) is 13.7. The molecule has 1 aliphatic heterocycles. The van der Waals surface area contributed by atoms with E-state index in [0.717, 1.165) is 81.4 Å². The average Bonchev–Trinajstić information content (AvgIpc) is 3.09. The molecule has 0 saturated carbocycles. The Hall–Kier alpha value is -1.03. The van der Waals surface area contributed by atoms with Gasteiger partial charge in [0.25, 0.3) is 0 Å². The molecule has 0 unspecified atom stereocenters. The van der Waals surface area contributed by atoms with Crippen LogP contribution < -0.4 is 0 Å². The Bertz CT molecular complexity index is 1120. The van der Waals surface area contributed by atoms with Gasteiger partial charge in [0.15, 0.2) is 25.0 Å². The summed E-state index contributed by atoms with van der Waals surface area (Å²) in [5.74, 6) is 3.08. The standard InChI is InChI=1S/C44H82O5Si3/c1-16-23-24-31-45-36-39(10)33-38(9)35-41(47-50(14,15)44(11,12)13)26-25-27-42(48-51(17-2,18-3)19-4)43(49-52(20-5,21-6)22-7)29-28-40-34-37(8)30-32-46-40/h1,25-26,28-30,39-43H,9,17-24,27,31-36H2,2-8,10-15H3/b26-25+,29-28+/t39-,40+,41+,42-,43-/m0/s1. The van der Waals surface area contributed by atoms with E-state index < -0.39 is 25.0 Å². The number of unbranched alkanes of at least 4 members (excludes halogenated alkanes) is 1. The molecular formula is C44H82O5Si3. The lowest BCUT2D eigenvalue weighted by atomic mass is 9.98. The van der Waals surface area contributed by atoms with Crippen LogP contribution in [0.3, 0.4) is 0 Å². The topological polar surface area (TPSA) is 46.2 Å². The molecule has 0 amide bonds. The molecule has 0 aliphatic carbocycles. The first-order valence-corrected chi connectivity index (χ1v) is 28.8. The minimum atomic E-state index is -2.05. The van der Waals surface area contributed by atoms with Gasteiger partial charge in [0.1, 0.15) is 0 Å². The molecule has 1 rings (SSSR count). The summed E-state index contributed by atoms with van der Waals surface area (Å²) in [6.45, 7) is 36.7. The molecule has 0 saturated heterocycles. The molecule has 1 aliphatic rings. The number of hydrogen-bond acceptors (Lipinski definition) is 5. The lowest BCUT2D eigenvalue weighted by Crippen LogP contribution is -2.48. The highest BCUT2D eigenvalue weighted by Gasteiger charge is 2.40. The second-order valence-electron chi connectivity index (χ2n) is 17.0. The van der Waals surface area contributed by atoms with E-state index in [2.05, 4.69) is 132 Å². The number of terminal acetylenes is 1. The van der Waals surface area contributed by atoms with E-state index in [1.54, 1.807) is 0 Å². The van der Waals surface area contributed by atoms with Crippen LogP contribution in [0.1, 0.15) is 115 Å². The van der Waals surface area contributed by atoms with Crippen LogP contribution in [0, 0.1) is 18.3 Å². The highest BCUT2D eigenvalue weighted by Crippen LogP contribution is 2.38. The molecule has 0 N–H and O–H groups in total. The third-order valence-corrected chi connectivity index (χ3v) is 25.7. The zero-order valence-electron chi connectivity index (χ0n) is 36.2. The van der Waals surface area contributed by atoms with E-state index in [0.29, 0.717) is 19.1 Å². The van der Waals surface area contributed by atoms with Crippen molar-refractivity contribution in [2.24, 2.45) is 5.92 Å². The molecular weight excluding hydrogens is 693 g/mol. The molecule has 5 atom stereocenters. The average molecular weight is 775 g/mol. The maximum Gasteiger partial charge on any atom is 0.193 e. The number of hydrogen-bond donors (Lipinski definition) is 0. The lowest BCUT2D eigenvalue weighted by molar-refractivity contribution is 0.0656.